The Morgan fingerprint density at radius 2 is 1.74 bits per heavy atom. The minimum absolute atomic E-state index is 0.162. The normalized spacial score (nSPS) is 23.2. The van der Waals surface area contributed by atoms with Gasteiger partial charge in [-0.2, -0.15) is 13.2 Å². The first kappa shape index (κ1) is 23.6. The molecule has 0 aromatic heterocycles. The highest BCUT2D eigenvalue weighted by Crippen LogP contribution is 2.46. The molecule has 1 fully saturated rings. The first-order chi connectivity index (χ1) is 16.8. The molecule has 6 nitrogen and oxygen atoms in total. The molecule has 184 valence electrons. The van der Waals surface area contributed by atoms with Gasteiger partial charge < -0.3 is 19.1 Å². The maximum Gasteiger partial charge on any atom is 0.492 e. The molecule has 0 spiro atoms. The molecule has 1 aliphatic carbocycles. The van der Waals surface area contributed by atoms with Crippen LogP contribution in [0.15, 0.2) is 65.4 Å². The molecule has 1 unspecified atom stereocenters. The molecule has 0 radical (unpaired) electrons. The number of carbonyl (C=O) groups is 1. The van der Waals surface area contributed by atoms with E-state index in [0.717, 1.165) is 11.1 Å². The van der Waals surface area contributed by atoms with Crippen LogP contribution in [0.1, 0.15) is 18.4 Å². The van der Waals surface area contributed by atoms with Crippen molar-refractivity contribution in [1.82, 2.24) is 10.2 Å². The SMILES string of the molecule is O=C(NC1(C(F)(F)F)Oc2ccc(Cl)cc2O1)C1=C(N2CCOCC2)C(=Cc2ccccc2)CC1. The third-order valence-electron chi connectivity index (χ3n) is 6.04. The Kier molecular flexibility index (Phi) is 6.14. The summed E-state index contributed by atoms with van der Waals surface area (Å²) in [7, 11) is 0. The van der Waals surface area contributed by atoms with Crippen LogP contribution in [0, 0.1) is 0 Å². The van der Waals surface area contributed by atoms with Gasteiger partial charge in [-0.1, -0.05) is 41.9 Å². The highest BCUT2D eigenvalue weighted by Gasteiger charge is 2.66. The van der Waals surface area contributed by atoms with Crippen LogP contribution >= 0.6 is 11.6 Å². The van der Waals surface area contributed by atoms with Gasteiger partial charge in [0, 0.05) is 35.4 Å². The number of morpholine rings is 1. The van der Waals surface area contributed by atoms with Crippen LogP contribution in [0.2, 0.25) is 5.02 Å². The number of hydrogen-bond donors (Lipinski definition) is 1. The summed E-state index contributed by atoms with van der Waals surface area (Å²) in [6.07, 6.45) is -2.30. The van der Waals surface area contributed by atoms with Gasteiger partial charge in [0.1, 0.15) is 0 Å². The van der Waals surface area contributed by atoms with Crippen molar-refractivity contribution in [2.45, 2.75) is 24.9 Å². The second-order valence-corrected chi connectivity index (χ2v) is 8.81. The molecule has 2 aliphatic heterocycles. The lowest BCUT2D eigenvalue weighted by molar-refractivity contribution is -0.319. The van der Waals surface area contributed by atoms with Gasteiger partial charge in [-0.15, -0.1) is 0 Å². The number of nitrogens with one attached hydrogen (secondary N) is 1. The molecule has 35 heavy (non-hydrogen) atoms. The van der Waals surface area contributed by atoms with Crippen molar-refractivity contribution in [2.75, 3.05) is 26.3 Å². The minimum atomic E-state index is -5.06. The summed E-state index contributed by atoms with van der Waals surface area (Å²) < 4.78 is 58.3. The number of ether oxygens (including phenoxy) is 3. The van der Waals surface area contributed by atoms with Gasteiger partial charge in [0.05, 0.1) is 13.2 Å². The summed E-state index contributed by atoms with van der Waals surface area (Å²) in [5.74, 6) is -4.62. The number of nitrogens with zero attached hydrogens (tertiary/aromatic N) is 1. The lowest BCUT2D eigenvalue weighted by Gasteiger charge is -2.33. The van der Waals surface area contributed by atoms with E-state index in [4.69, 9.17) is 25.8 Å². The molecule has 3 aliphatic rings. The fourth-order valence-corrected chi connectivity index (χ4v) is 4.58. The number of hydrogen-bond acceptors (Lipinski definition) is 5. The van der Waals surface area contributed by atoms with Crippen molar-refractivity contribution in [3.8, 4) is 11.5 Å². The monoisotopic (exact) mass is 506 g/mol. The van der Waals surface area contributed by atoms with E-state index in [9.17, 15) is 18.0 Å². The Hall–Kier alpha value is -3.17. The zero-order chi connectivity index (χ0) is 24.6. The van der Waals surface area contributed by atoms with Crippen molar-refractivity contribution in [3.05, 3.63) is 76.0 Å². The Labute approximate surface area is 204 Å². The number of allylic oxidation sites excluding steroid dienone is 1. The number of rotatable bonds is 4. The molecule has 1 N–H and O–H groups in total. The van der Waals surface area contributed by atoms with Crippen LogP contribution in [0.4, 0.5) is 13.2 Å². The van der Waals surface area contributed by atoms with Crippen molar-refractivity contribution >= 4 is 23.6 Å². The molecule has 2 aromatic carbocycles. The summed E-state index contributed by atoms with van der Waals surface area (Å²) in [6, 6.07) is 13.4. The Bertz CT molecular complexity index is 1190. The molecule has 5 rings (SSSR count). The molecule has 2 heterocycles. The van der Waals surface area contributed by atoms with Gasteiger partial charge >= 0.3 is 12.1 Å². The highest BCUT2D eigenvalue weighted by molar-refractivity contribution is 6.30. The van der Waals surface area contributed by atoms with Gasteiger partial charge in [-0.25, -0.2) is 0 Å². The van der Waals surface area contributed by atoms with Gasteiger partial charge in [-0.3, -0.25) is 10.1 Å². The third-order valence-corrected chi connectivity index (χ3v) is 6.28. The number of amides is 1. The quantitative estimate of drug-likeness (QED) is 0.639. The lowest BCUT2D eigenvalue weighted by Crippen LogP contribution is -2.65. The van der Waals surface area contributed by atoms with E-state index in [0.29, 0.717) is 38.4 Å². The smallest absolute Gasteiger partial charge is 0.424 e. The number of fused-ring (bicyclic) bond motifs is 1. The predicted octanol–water partition coefficient (Wildman–Crippen LogP) is 4.91. The number of halogens is 4. The molecule has 1 amide bonds. The van der Waals surface area contributed by atoms with E-state index in [1.807, 2.05) is 46.6 Å². The first-order valence-corrected chi connectivity index (χ1v) is 11.5. The second-order valence-electron chi connectivity index (χ2n) is 8.37. The topological polar surface area (TPSA) is 60.0 Å². The van der Waals surface area contributed by atoms with Crippen LogP contribution in [0.5, 0.6) is 11.5 Å². The summed E-state index contributed by atoms with van der Waals surface area (Å²) in [6.45, 7) is 1.98. The first-order valence-electron chi connectivity index (χ1n) is 11.1. The van der Waals surface area contributed by atoms with Crippen LogP contribution in [-0.2, 0) is 9.53 Å². The van der Waals surface area contributed by atoms with Gasteiger partial charge in [0.15, 0.2) is 11.5 Å². The molecule has 0 saturated carbocycles. The van der Waals surface area contributed by atoms with E-state index in [1.165, 1.54) is 18.2 Å². The highest BCUT2D eigenvalue weighted by atomic mass is 35.5. The molecule has 1 saturated heterocycles. The minimum Gasteiger partial charge on any atom is -0.424 e. The Morgan fingerprint density at radius 1 is 1.03 bits per heavy atom. The van der Waals surface area contributed by atoms with E-state index in [2.05, 4.69) is 0 Å². The van der Waals surface area contributed by atoms with Crippen LogP contribution < -0.4 is 14.8 Å². The zero-order valence-corrected chi connectivity index (χ0v) is 19.3. The van der Waals surface area contributed by atoms with Gasteiger partial charge in [0.25, 0.3) is 5.91 Å². The van der Waals surface area contributed by atoms with Crippen molar-refractivity contribution in [1.29, 1.82) is 0 Å². The molecule has 2 aromatic rings. The summed E-state index contributed by atoms with van der Waals surface area (Å²) in [4.78, 5) is 15.4. The van der Waals surface area contributed by atoms with E-state index in [-0.39, 0.29) is 28.5 Å². The third kappa shape index (κ3) is 4.58. The number of alkyl halides is 3. The average molecular weight is 507 g/mol. The van der Waals surface area contributed by atoms with Crippen molar-refractivity contribution in [2.24, 2.45) is 0 Å². The van der Waals surface area contributed by atoms with E-state index >= 15 is 0 Å². The van der Waals surface area contributed by atoms with Gasteiger partial charge in [0.2, 0.25) is 0 Å². The maximum absolute atomic E-state index is 14.2. The second kappa shape index (κ2) is 9.13. The van der Waals surface area contributed by atoms with Crippen LogP contribution in [-0.4, -0.2) is 49.2 Å². The number of benzene rings is 2. The molecule has 1 atom stereocenters. The van der Waals surface area contributed by atoms with Crippen molar-refractivity contribution in [3.63, 3.8) is 0 Å². The van der Waals surface area contributed by atoms with E-state index in [1.54, 1.807) is 0 Å². The summed E-state index contributed by atoms with van der Waals surface area (Å²) in [5.41, 5.74) is 2.70. The van der Waals surface area contributed by atoms with Crippen LogP contribution in [0.25, 0.3) is 6.08 Å². The molecule has 0 bridgehead atoms. The largest absolute Gasteiger partial charge is 0.492 e. The molecular formula is C25H22ClF3N2O4. The standard InChI is InChI=1S/C25H22ClF3N2O4/c26-18-7-9-20-21(15-18)35-25(34-20,24(27,28)29)30-23(32)19-8-6-17(14-16-4-2-1-3-5-16)22(19)31-10-12-33-13-11-31/h1-5,7,9,14-15H,6,8,10-13H2,(H,30,32). The Balaban J connectivity index is 1.50. The Morgan fingerprint density at radius 3 is 2.46 bits per heavy atom. The fraction of sp³-hybridized carbons (Fsp3) is 0.320. The van der Waals surface area contributed by atoms with Crippen molar-refractivity contribution < 1.29 is 32.2 Å². The lowest BCUT2D eigenvalue weighted by atomic mass is 10.1. The van der Waals surface area contributed by atoms with Gasteiger partial charge in [-0.05, 0) is 42.2 Å². The molecular weight excluding hydrogens is 485 g/mol. The fourth-order valence-electron chi connectivity index (χ4n) is 4.42. The predicted molar refractivity (Wildman–Crippen MR) is 123 cm³/mol. The number of carbonyl (C=O) groups excluding carboxylic acids is 1. The van der Waals surface area contributed by atoms with E-state index < -0.39 is 18.0 Å². The average Bonchev–Trinajstić information content (AvgIpc) is 3.41. The van der Waals surface area contributed by atoms with Crippen LogP contribution in [0.3, 0.4) is 0 Å². The maximum atomic E-state index is 14.2. The summed E-state index contributed by atoms with van der Waals surface area (Å²) >= 11 is 5.89. The molecule has 10 heteroatoms. The zero-order valence-electron chi connectivity index (χ0n) is 18.5. The summed E-state index contributed by atoms with van der Waals surface area (Å²) in [5, 5.41) is 2.18.